The van der Waals surface area contributed by atoms with Gasteiger partial charge in [-0.3, -0.25) is 14.2 Å². The van der Waals surface area contributed by atoms with E-state index in [1.54, 1.807) is 24.4 Å². The quantitative estimate of drug-likeness (QED) is 0.441. The molecule has 1 aliphatic heterocycles. The molecule has 1 unspecified atom stereocenters. The smallest absolute Gasteiger partial charge is 0.407 e. The molecule has 2 aromatic rings. The average Bonchev–Trinajstić information content (AvgIpc) is 2.73. The molecule has 0 bridgehead atoms. The minimum atomic E-state index is -3.67. The molecule has 1 aliphatic rings. The summed E-state index contributed by atoms with van der Waals surface area (Å²) in [5, 5.41) is 24.4. The second-order valence-electron chi connectivity index (χ2n) is 9.55. The molecule has 1 fully saturated rings. The van der Waals surface area contributed by atoms with Crippen molar-refractivity contribution in [2.24, 2.45) is 5.41 Å². The number of nitrogens with one attached hydrogen (secondary N) is 1. The molecule has 12 heteroatoms. The molecule has 1 amide bonds. The lowest BCUT2D eigenvalue weighted by atomic mass is 9.68. The molecule has 1 atom stereocenters. The molecule has 194 valence electrons. The molecular formula is C23H32ClN3O7S. The number of rotatable bonds is 4. The van der Waals surface area contributed by atoms with E-state index in [-0.39, 0.29) is 12.2 Å². The molecule has 0 radical (unpaired) electrons. The van der Waals surface area contributed by atoms with E-state index in [4.69, 9.17) is 16.2 Å². The van der Waals surface area contributed by atoms with Crippen molar-refractivity contribution in [2.75, 3.05) is 25.9 Å². The van der Waals surface area contributed by atoms with Crippen molar-refractivity contribution in [2.45, 2.75) is 39.3 Å². The van der Waals surface area contributed by atoms with Gasteiger partial charge in [-0.15, -0.1) is 0 Å². The van der Waals surface area contributed by atoms with E-state index in [9.17, 15) is 28.2 Å². The molecule has 0 aliphatic carbocycles. The molecule has 10 nitrogen and oxygen atoms in total. The largest absolute Gasteiger partial charge is 0.503 e. The molecule has 0 saturated carbocycles. The van der Waals surface area contributed by atoms with E-state index in [0.29, 0.717) is 43.0 Å². The van der Waals surface area contributed by atoms with Gasteiger partial charge < -0.3 is 20.1 Å². The van der Waals surface area contributed by atoms with E-state index in [1.165, 1.54) is 9.47 Å². The normalized spacial score (nSPS) is 18.5. The zero-order valence-electron chi connectivity index (χ0n) is 20.2. The summed E-state index contributed by atoms with van der Waals surface area (Å²) >= 11 is 5.91. The second-order valence-corrected chi connectivity index (χ2v) is 11.5. The number of benzene rings is 1. The van der Waals surface area contributed by atoms with Gasteiger partial charge in [0.15, 0.2) is 5.75 Å². The Bertz CT molecular complexity index is 1200. The summed E-state index contributed by atoms with van der Waals surface area (Å²) in [7, 11) is -3.67. The maximum absolute atomic E-state index is 12.8. The monoisotopic (exact) mass is 529 g/mol. The first-order valence-corrected chi connectivity index (χ1v) is 13.1. The number of carboxylic acid groups (broad SMARTS) is 1. The highest BCUT2D eigenvalue weighted by Gasteiger charge is 2.50. The van der Waals surface area contributed by atoms with Crippen LogP contribution in [0.25, 0.3) is 0 Å². The van der Waals surface area contributed by atoms with Crippen LogP contribution in [0.4, 0.5) is 4.79 Å². The number of pyridine rings is 1. The summed E-state index contributed by atoms with van der Waals surface area (Å²) < 4.78 is 27.3. The van der Waals surface area contributed by atoms with Crippen molar-refractivity contribution in [3.05, 3.63) is 63.0 Å². The fourth-order valence-electron chi connectivity index (χ4n) is 4.14. The highest BCUT2D eigenvalue weighted by molar-refractivity contribution is 7.85. The lowest BCUT2D eigenvalue weighted by Gasteiger charge is -2.54. The van der Waals surface area contributed by atoms with Crippen LogP contribution in [0, 0.1) is 5.41 Å². The second kappa shape index (κ2) is 11.0. The molecular weight excluding hydrogens is 498 g/mol. The Hall–Kier alpha value is -2.60. The lowest BCUT2D eigenvalue weighted by molar-refractivity contribution is -0.0144. The Morgan fingerprint density at radius 2 is 1.77 bits per heavy atom. The molecule has 0 spiro atoms. The first-order valence-electron chi connectivity index (χ1n) is 10.8. The van der Waals surface area contributed by atoms with Crippen molar-refractivity contribution < 1.29 is 28.0 Å². The number of aromatic hydroxyl groups is 1. The standard InChI is InChI=1S/C22H28ClN3O4.CH4O3S/c1-21(2,3)22(14-24-9-11-26(22)20(29)30)12-16-8-10-25(19(28)18(16)27)13-15-4-6-17(23)7-5-15;1-5(2,3)4/h4-8,10,24,27H,9,11-14H2,1-3H3,(H,29,30);1H3,(H,2,3,4). The van der Waals surface area contributed by atoms with Crippen molar-refractivity contribution in [3.63, 3.8) is 0 Å². The average molecular weight is 530 g/mol. The number of aromatic nitrogens is 1. The van der Waals surface area contributed by atoms with Gasteiger partial charge in [0.05, 0.1) is 18.3 Å². The summed E-state index contributed by atoms with van der Waals surface area (Å²) in [6, 6.07) is 8.86. The van der Waals surface area contributed by atoms with Gasteiger partial charge in [-0.2, -0.15) is 8.42 Å². The number of amides is 1. The van der Waals surface area contributed by atoms with Crippen molar-refractivity contribution in [3.8, 4) is 5.75 Å². The van der Waals surface area contributed by atoms with Crippen LogP contribution in [0.5, 0.6) is 5.75 Å². The zero-order valence-corrected chi connectivity index (χ0v) is 21.7. The summed E-state index contributed by atoms with van der Waals surface area (Å²) in [4.78, 5) is 26.3. The Balaban J connectivity index is 0.000000784. The van der Waals surface area contributed by atoms with E-state index >= 15 is 0 Å². The van der Waals surface area contributed by atoms with E-state index < -0.39 is 32.7 Å². The first kappa shape index (κ1) is 28.6. The van der Waals surface area contributed by atoms with Crippen LogP contribution in [-0.2, 0) is 23.1 Å². The van der Waals surface area contributed by atoms with E-state index in [2.05, 4.69) is 5.32 Å². The van der Waals surface area contributed by atoms with Gasteiger partial charge in [-0.05, 0) is 29.2 Å². The minimum Gasteiger partial charge on any atom is -0.503 e. The maximum atomic E-state index is 12.8. The van der Waals surface area contributed by atoms with Crippen LogP contribution < -0.4 is 10.9 Å². The Morgan fingerprint density at radius 1 is 1.20 bits per heavy atom. The fourth-order valence-corrected chi connectivity index (χ4v) is 4.26. The van der Waals surface area contributed by atoms with Gasteiger partial charge in [0.25, 0.3) is 15.7 Å². The van der Waals surface area contributed by atoms with Crippen LogP contribution in [0.15, 0.2) is 41.3 Å². The van der Waals surface area contributed by atoms with Gasteiger partial charge in [0.2, 0.25) is 0 Å². The zero-order chi connectivity index (χ0) is 26.6. The van der Waals surface area contributed by atoms with Crippen molar-refractivity contribution in [1.29, 1.82) is 0 Å². The van der Waals surface area contributed by atoms with Crippen LogP contribution in [0.1, 0.15) is 31.9 Å². The Morgan fingerprint density at radius 3 is 2.29 bits per heavy atom. The predicted molar refractivity (Wildman–Crippen MR) is 134 cm³/mol. The molecule has 3 rings (SSSR count). The number of hydrogen-bond acceptors (Lipinski definition) is 6. The molecule has 4 N–H and O–H groups in total. The molecule has 2 heterocycles. The van der Waals surface area contributed by atoms with Gasteiger partial charge >= 0.3 is 6.09 Å². The first-order chi connectivity index (χ1) is 16.0. The SMILES string of the molecule is CC(C)(C)C1(Cc2ccn(Cc3ccc(Cl)cc3)c(=O)c2O)CNCCN1C(=O)O.CS(=O)(=O)O. The van der Waals surface area contributed by atoms with Crippen LogP contribution >= 0.6 is 11.6 Å². The molecule has 1 aromatic heterocycles. The minimum absolute atomic E-state index is 0.235. The maximum Gasteiger partial charge on any atom is 0.407 e. The van der Waals surface area contributed by atoms with Crippen molar-refractivity contribution in [1.82, 2.24) is 14.8 Å². The topological polar surface area (TPSA) is 149 Å². The van der Waals surface area contributed by atoms with Crippen LogP contribution in [0.2, 0.25) is 5.02 Å². The third-order valence-electron chi connectivity index (χ3n) is 6.05. The van der Waals surface area contributed by atoms with E-state index in [0.717, 1.165) is 5.56 Å². The highest BCUT2D eigenvalue weighted by atomic mass is 35.5. The Labute approximate surface area is 209 Å². The third-order valence-corrected chi connectivity index (χ3v) is 6.30. The van der Waals surface area contributed by atoms with Crippen LogP contribution in [-0.4, -0.2) is 70.2 Å². The van der Waals surface area contributed by atoms with E-state index in [1.807, 2.05) is 32.9 Å². The highest BCUT2D eigenvalue weighted by Crippen LogP contribution is 2.40. The third kappa shape index (κ3) is 7.44. The predicted octanol–water partition coefficient (Wildman–Crippen LogP) is 2.67. The summed E-state index contributed by atoms with van der Waals surface area (Å²) in [5.74, 6) is -0.342. The lowest BCUT2D eigenvalue weighted by Crippen LogP contribution is -2.69. The van der Waals surface area contributed by atoms with Crippen molar-refractivity contribution >= 4 is 27.8 Å². The summed E-state index contributed by atoms with van der Waals surface area (Å²) in [6.45, 7) is 7.60. The number of piperazine rings is 1. The molecule has 1 saturated heterocycles. The number of halogens is 1. The number of carbonyl (C=O) groups is 1. The summed E-state index contributed by atoms with van der Waals surface area (Å²) in [5.41, 5.74) is -0.407. The van der Waals surface area contributed by atoms with Gasteiger partial charge in [-0.1, -0.05) is 44.5 Å². The summed E-state index contributed by atoms with van der Waals surface area (Å²) in [6.07, 6.45) is 1.59. The van der Waals surface area contributed by atoms with Gasteiger partial charge in [0, 0.05) is 42.8 Å². The fraction of sp³-hybridized carbons (Fsp3) is 0.478. The Kier molecular flexibility index (Phi) is 8.99. The van der Waals surface area contributed by atoms with Gasteiger partial charge in [0.1, 0.15) is 0 Å². The number of hydrogen-bond donors (Lipinski definition) is 4. The molecule has 1 aromatic carbocycles. The molecule has 35 heavy (non-hydrogen) atoms. The van der Waals surface area contributed by atoms with Crippen LogP contribution in [0.3, 0.4) is 0 Å². The number of nitrogens with zero attached hydrogens (tertiary/aromatic N) is 2. The van der Waals surface area contributed by atoms with Gasteiger partial charge in [-0.25, -0.2) is 4.79 Å².